The fourth-order valence-electron chi connectivity index (χ4n) is 2.19. The summed E-state index contributed by atoms with van der Waals surface area (Å²) in [7, 11) is 0. The lowest BCUT2D eigenvalue weighted by molar-refractivity contribution is -0.384. The third-order valence-electron chi connectivity index (χ3n) is 3.62. The van der Waals surface area contributed by atoms with E-state index in [0.29, 0.717) is 18.1 Å². The van der Waals surface area contributed by atoms with Crippen molar-refractivity contribution in [3.8, 4) is 0 Å². The maximum absolute atomic E-state index is 11.9. The van der Waals surface area contributed by atoms with Crippen molar-refractivity contribution in [1.29, 1.82) is 0 Å². The summed E-state index contributed by atoms with van der Waals surface area (Å²) in [4.78, 5) is 22.1. The molecule has 0 saturated heterocycles. The van der Waals surface area contributed by atoms with Gasteiger partial charge in [0.1, 0.15) is 0 Å². The van der Waals surface area contributed by atoms with E-state index in [1.807, 2.05) is 18.2 Å². The molecule has 5 nitrogen and oxygen atoms in total. The summed E-state index contributed by atoms with van der Waals surface area (Å²) in [6.45, 7) is 2.70. The molecule has 0 aliphatic rings. The Bertz CT molecular complexity index is 674. The molecule has 126 valence electrons. The van der Waals surface area contributed by atoms with E-state index in [1.165, 1.54) is 29.5 Å². The monoisotopic (exact) mass is 344 g/mol. The van der Waals surface area contributed by atoms with Gasteiger partial charge in [0.2, 0.25) is 5.91 Å². The summed E-state index contributed by atoms with van der Waals surface area (Å²) >= 11 is 1.49. The first-order chi connectivity index (χ1) is 11.6. The second-order valence-electron chi connectivity index (χ2n) is 5.53. The lowest BCUT2D eigenvalue weighted by atomic mass is 10.0. The maximum atomic E-state index is 11.9. The molecule has 0 fully saturated rings. The number of benzene rings is 2. The van der Waals surface area contributed by atoms with Crippen LogP contribution in [0.25, 0.3) is 0 Å². The van der Waals surface area contributed by atoms with E-state index < -0.39 is 4.92 Å². The van der Waals surface area contributed by atoms with Gasteiger partial charge in [0.25, 0.3) is 5.69 Å². The van der Waals surface area contributed by atoms with Crippen LogP contribution in [0.15, 0.2) is 54.6 Å². The second-order valence-corrected chi connectivity index (χ2v) is 6.52. The van der Waals surface area contributed by atoms with Crippen LogP contribution < -0.4 is 5.32 Å². The minimum atomic E-state index is -0.418. The normalized spacial score (nSPS) is 11.7. The van der Waals surface area contributed by atoms with Crippen molar-refractivity contribution < 1.29 is 9.72 Å². The summed E-state index contributed by atoms with van der Waals surface area (Å²) in [5.41, 5.74) is 2.25. The van der Waals surface area contributed by atoms with Gasteiger partial charge in [-0.2, -0.15) is 0 Å². The van der Waals surface area contributed by atoms with Gasteiger partial charge in [-0.3, -0.25) is 14.9 Å². The Balaban J connectivity index is 1.68. The number of carbonyl (C=O) groups excluding carboxylic acids is 1. The molecule has 0 heterocycles. The molecule has 2 aromatic carbocycles. The molecule has 0 spiro atoms. The van der Waals surface area contributed by atoms with Crippen molar-refractivity contribution in [2.75, 3.05) is 12.3 Å². The van der Waals surface area contributed by atoms with Gasteiger partial charge < -0.3 is 5.32 Å². The Morgan fingerprint density at radius 1 is 1.17 bits per heavy atom. The average Bonchev–Trinajstić information content (AvgIpc) is 2.61. The second kappa shape index (κ2) is 9.08. The van der Waals surface area contributed by atoms with Gasteiger partial charge in [-0.15, -0.1) is 11.8 Å². The standard InChI is InChI=1S/C18H20N2O3S/c1-14(16-5-3-2-4-6-16)11-19-18(21)13-24-12-15-7-9-17(10-8-15)20(22)23/h2-10,14H,11-13H2,1H3,(H,19,21). The van der Waals surface area contributed by atoms with Gasteiger partial charge >= 0.3 is 0 Å². The van der Waals surface area contributed by atoms with Crippen LogP contribution in [0.3, 0.4) is 0 Å². The Morgan fingerprint density at radius 2 is 1.83 bits per heavy atom. The van der Waals surface area contributed by atoms with Crippen molar-refractivity contribution in [3.63, 3.8) is 0 Å². The van der Waals surface area contributed by atoms with Crippen molar-refractivity contribution in [3.05, 3.63) is 75.8 Å². The predicted molar refractivity (Wildman–Crippen MR) is 97.1 cm³/mol. The summed E-state index contributed by atoms with van der Waals surface area (Å²) in [6.07, 6.45) is 0. The van der Waals surface area contributed by atoms with Gasteiger partial charge in [-0.1, -0.05) is 49.4 Å². The van der Waals surface area contributed by atoms with Crippen molar-refractivity contribution >= 4 is 23.4 Å². The molecule has 0 aromatic heterocycles. The third kappa shape index (κ3) is 5.70. The fourth-order valence-corrected chi connectivity index (χ4v) is 3.01. The van der Waals surface area contributed by atoms with Gasteiger partial charge in [0, 0.05) is 24.4 Å². The van der Waals surface area contributed by atoms with Crippen molar-refractivity contribution in [1.82, 2.24) is 5.32 Å². The zero-order valence-corrected chi connectivity index (χ0v) is 14.3. The highest BCUT2D eigenvalue weighted by molar-refractivity contribution is 7.99. The lowest BCUT2D eigenvalue weighted by Gasteiger charge is -2.13. The predicted octanol–water partition coefficient (Wildman–Crippen LogP) is 3.75. The molecular formula is C18H20N2O3S. The van der Waals surface area contributed by atoms with Crippen molar-refractivity contribution in [2.45, 2.75) is 18.6 Å². The molecule has 0 aliphatic carbocycles. The highest BCUT2D eigenvalue weighted by Crippen LogP contribution is 2.17. The highest BCUT2D eigenvalue weighted by Gasteiger charge is 2.08. The Kier molecular flexibility index (Phi) is 6.81. The Hall–Kier alpha value is -2.34. The van der Waals surface area contributed by atoms with Crippen LogP contribution in [0.4, 0.5) is 5.69 Å². The summed E-state index contributed by atoms with van der Waals surface area (Å²) in [5.74, 6) is 1.30. The summed E-state index contributed by atoms with van der Waals surface area (Å²) in [6, 6.07) is 16.5. The maximum Gasteiger partial charge on any atom is 0.269 e. The van der Waals surface area contributed by atoms with Crippen LogP contribution in [0.1, 0.15) is 24.0 Å². The number of thioether (sulfide) groups is 1. The molecular weight excluding hydrogens is 324 g/mol. The zero-order valence-electron chi connectivity index (χ0n) is 13.5. The average molecular weight is 344 g/mol. The minimum Gasteiger partial charge on any atom is -0.355 e. The third-order valence-corrected chi connectivity index (χ3v) is 4.63. The number of hydrogen-bond acceptors (Lipinski definition) is 4. The summed E-state index contributed by atoms with van der Waals surface area (Å²) < 4.78 is 0. The van der Waals surface area contributed by atoms with E-state index in [1.54, 1.807) is 12.1 Å². The highest BCUT2D eigenvalue weighted by atomic mass is 32.2. The van der Waals surface area contributed by atoms with Crippen LogP contribution in [0.2, 0.25) is 0 Å². The Morgan fingerprint density at radius 3 is 2.46 bits per heavy atom. The van der Waals surface area contributed by atoms with Crippen LogP contribution >= 0.6 is 11.8 Å². The minimum absolute atomic E-state index is 0.00435. The smallest absolute Gasteiger partial charge is 0.269 e. The first-order valence-electron chi connectivity index (χ1n) is 7.69. The number of amides is 1. The zero-order chi connectivity index (χ0) is 17.4. The van der Waals surface area contributed by atoms with Crippen LogP contribution in [-0.4, -0.2) is 23.1 Å². The molecule has 0 radical (unpaired) electrons. The number of nitro groups is 1. The van der Waals surface area contributed by atoms with Crippen molar-refractivity contribution in [2.24, 2.45) is 0 Å². The number of hydrogen-bond donors (Lipinski definition) is 1. The van der Waals surface area contributed by atoms with E-state index in [0.717, 1.165) is 5.56 Å². The first kappa shape index (κ1) is 18.0. The fraction of sp³-hybridized carbons (Fsp3) is 0.278. The van der Waals surface area contributed by atoms with E-state index in [9.17, 15) is 14.9 Å². The molecule has 1 amide bonds. The number of nitro benzene ring substituents is 1. The largest absolute Gasteiger partial charge is 0.355 e. The topological polar surface area (TPSA) is 72.2 Å². The molecule has 2 aromatic rings. The molecule has 1 unspecified atom stereocenters. The van der Waals surface area contributed by atoms with Crippen LogP contribution in [-0.2, 0) is 10.5 Å². The summed E-state index contributed by atoms with van der Waals surface area (Å²) in [5, 5.41) is 13.5. The number of carbonyl (C=O) groups is 1. The van der Waals surface area contributed by atoms with Gasteiger partial charge in [0.15, 0.2) is 0 Å². The van der Waals surface area contributed by atoms with E-state index in [2.05, 4.69) is 24.4 Å². The van der Waals surface area contributed by atoms with Gasteiger partial charge in [-0.25, -0.2) is 0 Å². The van der Waals surface area contributed by atoms with Crippen LogP contribution in [0.5, 0.6) is 0 Å². The molecule has 0 bridgehead atoms. The SMILES string of the molecule is CC(CNC(=O)CSCc1ccc([N+](=O)[O-])cc1)c1ccccc1. The van der Waals surface area contributed by atoms with E-state index in [4.69, 9.17) is 0 Å². The van der Waals surface area contributed by atoms with E-state index in [-0.39, 0.29) is 17.5 Å². The molecule has 1 N–H and O–H groups in total. The molecule has 0 saturated carbocycles. The van der Waals surface area contributed by atoms with E-state index >= 15 is 0 Å². The first-order valence-corrected chi connectivity index (χ1v) is 8.84. The number of non-ortho nitro benzene ring substituents is 1. The molecule has 24 heavy (non-hydrogen) atoms. The molecule has 1 atom stereocenters. The molecule has 0 aliphatic heterocycles. The number of nitrogens with zero attached hydrogens (tertiary/aromatic N) is 1. The molecule has 6 heteroatoms. The Labute approximate surface area is 145 Å². The quantitative estimate of drug-likeness (QED) is 0.585. The number of rotatable bonds is 8. The molecule has 2 rings (SSSR count). The van der Waals surface area contributed by atoms with Gasteiger partial charge in [0.05, 0.1) is 10.7 Å². The van der Waals surface area contributed by atoms with Gasteiger partial charge in [-0.05, 0) is 17.0 Å². The van der Waals surface area contributed by atoms with Crippen LogP contribution in [0, 0.1) is 10.1 Å². The number of nitrogens with one attached hydrogen (secondary N) is 1. The lowest BCUT2D eigenvalue weighted by Crippen LogP contribution is -2.29.